The number of esters is 4. The van der Waals surface area contributed by atoms with E-state index in [1.54, 1.807) is 9.80 Å². The normalized spacial score (nSPS) is 14.4. The fourth-order valence-corrected chi connectivity index (χ4v) is 5.49. The molecule has 0 atom stereocenters. The number of rotatable bonds is 6. The van der Waals surface area contributed by atoms with E-state index >= 15 is 0 Å². The molecule has 2 aromatic carbocycles. The van der Waals surface area contributed by atoms with Gasteiger partial charge in [0.1, 0.15) is 60.1 Å². The Morgan fingerprint density at radius 3 is 1.33 bits per heavy atom. The van der Waals surface area contributed by atoms with Crippen molar-refractivity contribution in [2.45, 2.75) is 0 Å². The molecule has 1 aliphatic rings. The Kier molecular flexibility index (Phi) is 13.1. The highest BCUT2D eigenvalue weighted by Crippen LogP contribution is 2.36. The number of hydrogen-bond acceptors (Lipinski definition) is 18. The highest BCUT2D eigenvalue weighted by Gasteiger charge is 2.23. The lowest BCUT2D eigenvalue weighted by atomic mass is 10.1. The van der Waals surface area contributed by atoms with Crippen molar-refractivity contribution in [3.8, 4) is 11.5 Å². The number of carbonyl (C=O) groups excluding carboxylic acids is 4. The summed E-state index contributed by atoms with van der Waals surface area (Å²) in [5, 5.41) is 0.641. The minimum absolute atomic E-state index is 0.0991. The Labute approximate surface area is 306 Å². The van der Waals surface area contributed by atoms with E-state index in [1.165, 1.54) is 50.6 Å². The summed E-state index contributed by atoms with van der Waals surface area (Å²) < 4.78 is 54.2. The van der Waals surface area contributed by atoms with Crippen LogP contribution in [0.3, 0.4) is 0 Å². The van der Waals surface area contributed by atoms with Gasteiger partial charge in [0.15, 0.2) is 0 Å². The lowest BCUT2D eigenvalue weighted by Crippen LogP contribution is -2.35. The highest BCUT2D eigenvalue weighted by atomic mass is 16.5. The Balaban J connectivity index is 1.58. The van der Waals surface area contributed by atoms with Crippen LogP contribution in [0, 0.1) is 0 Å². The molecular formula is C36H38N2O16. The van der Waals surface area contributed by atoms with Gasteiger partial charge in [0.2, 0.25) is 0 Å². The number of fused-ring (bicyclic) bond motifs is 4. The molecule has 1 aliphatic heterocycles. The Hall–Kier alpha value is -6.14. The van der Waals surface area contributed by atoms with Crippen molar-refractivity contribution in [2.24, 2.45) is 0 Å². The minimum Gasteiger partial charge on any atom is -0.488 e. The molecule has 0 aliphatic carbocycles. The molecule has 18 heteroatoms. The average molecular weight is 755 g/mol. The first-order valence-electron chi connectivity index (χ1n) is 16.5. The summed E-state index contributed by atoms with van der Waals surface area (Å²) in [7, 11) is 4.76. The summed E-state index contributed by atoms with van der Waals surface area (Å²) in [4.78, 5) is 78.1. The van der Waals surface area contributed by atoms with E-state index in [1.807, 2.05) is 0 Å². The van der Waals surface area contributed by atoms with Crippen molar-refractivity contribution in [1.29, 1.82) is 0 Å². The molecule has 0 saturated heterocycles. The fraction of sp³-hybridized carbons (Fsp3) is 0.389. The van der Waals surface area contributed by atoms with Crippen molar-refractivity contribution in [1.82, 2.24) is 0 Å². The number of nitrogens with zero attached hydrogens (tertiary/aromatic N) is 2. The molecule has 0 radical (unpaired) electrons. The van der Waals surface area contributed by atoms with Crippen LogP contribution in [-0.4, -0.2) is 118 Å². The molecule has 4 aromatic rings. The Bertz CT molecular complexity index is 1990. The number of carbonyl (C=O) groups is 4. The maximum absolute atomic E-state index is 12.7. The molecule has 5 rings (SSSR count). The second-order valence-electron chi connectivity index (χ2n) is 11.5. The molecule has 54 heavy (non-hydrogen) atoms. The lowest BCUT2D eigenvalue weighted by Gasteiger charge is -2.27. The van der Waals surface area contributed by atoms with Crippen LogP contribution in [0.4, 0.5) is 11.4 Å². The van der Waals surface area contributed by atoms with Gasteiger partial charge >= 0.3 is 35.1 Å². The third kappa shape index (κ3) is 9.25. The average Bonchev–Trinajstić information content (AvgIpc) is 3.17. The Morgan fingerprint density at radius 1 is 0.556 bits per heavy atom. The van der Waals surface area contributed by atoms with E-state index in [0.717, 1.165) is 14.2 Å². The SMILES string of the molecule is COC(=O)CN1CCOCCOCCN(CC(=O)OC)c2cc3oc(=O)c(C(=O)OC)cc3cc2OCCOc2cc3cc(C(=O)OC)c(=O)oc3cc21. The van der Waals surface area contributed by atoms with Crippen LogP contribution in [0.2, 0.25) is 0 Å². The predicted molar refractivity (Wildman–Crippen MR) is 189 cm³/mol. The summed E-state index contributed by atoms with van der Waals surface area (Å²) in [6.45, 7) is 0.338. The molecule has 288 valence electrons. The van der Waals surface area contributed by atoms with Crippen LogP contribution in [0.5, 0.6) is 11.5 Å². The molecule has 0 amide bonds. The van der Waals surface area contributed by atoms with Gasteiger partial charge in [-0.05, 0) is 24.3 Å². The van der Waals surface area contributed by atoms with Gasteiger partial charge in [-0.1, -0.05) is 0 Å². The third-order valence-electron chi connectivity index (χ3n) is 8.20. The van der Waals surface area contributed by atoms with E-state index in [0.29, 0.717) is 22.1 Å². The molecule has 0 bridgehead atoms. The molecule has 18 nitrogen and oxygen atoms in total. The first kappa shape index (κ1) is 39.1. The van der Waals surface area contributed by atoms with Crippen molar-refractivity contribution in [3.05, 3.63) is 68.4 Å². The van der Waals surface area contributed by atoms with Crippen molar-refractivity contribution in [2.75, 3.05) is 104 Å². The molecule has 0 unspecified atom stereocenters. The maximum Gasteiger partial charge on any atom is 0.351 e. The van der Waals surface area contributed by atoms with Crippen LogP contribution in [0.1, 0.15) is 20.7 Å². The number of hydrogen-bond donors (Lipinski definition) is 0. The Morgan fingerprint density at radius 2 is 0.963 bits per heavy atom. The largest absolute Gasteiger partial charge is 0.488 e. The second kappa shape index (κ2) is 18.1. The van der Waals surface area contributed by atoms with E-state index in [4.69, 9.17) is 46.7 Å². The second-order valence-corrected chi connectivity index (χ2v) is 11.5. The van der Waals surface area contributed by atoms with Gasteiger partial charge < -0.3 is 56.5 Å². The van der Waals surface area contributed by atoms with Crippen LogP contribution in [-0.2, 0) is 38.0 Å². The smallest absolute Gasteiger partial charge is 0.351 e. The lowest BCUT2D eigenvalue weighted by molar-refractivity contribution is -0.139. The van der Waals surface area contributed by atoms with Crippen LogP contribution in [0.15, 0.2) is 54.8 Å². The minimum atomic E-state index is -0.919. The first-order chi connectivity index (χ1) is 26.1. The van der Waals surface area contributed by atoms with Crippen LogP contribution < -0.4 is 30.5 Å². The van der Waals surface area contributed by atoms with Gasteiger partial charge in [-0.3, -0.25) is 9.59 Å². The van der Waals surface area contributed by atoms with Crippen molar-refractivity contribution < 1.29 is 65.9 Å². The van der Waals surface area contributed by atoms with E-state index in [-0.39, 0.29) is 99.6 Å². The van der Waals surface area contributed by atoms with E-state index in [2.05, 4.69) is 0 Å². The third-order valence-corrected chi connectivity index (χ3v) is 8.20. The van der Waals surface area contributed by atoms with E-state index < -0.39 is 35.1 Å². The van der Waals surface area contributed by atoms with Gasteiger partial charge in [0, 0.05) is 36.0 Å². The summed E-state index contributed by atoms with van der Waals surface area (Å²) in [5.41, 5.74) is -1.63. The van der Waals surface area contributed by atoms with Crippen LogP contribution in [0.25, 0.3) is 21.9 Å². The highest BCUT2D eigenvalue weighted by molar-refractivity contribution is 5.95. The summed E-state index contributed by atoms with van der Waals surface area (Å²) >= 11 is 0. The quantitative estimate of drug-likeness (QED) is 0.156. The van der Waals surface area contributed by atoms with Gasteiger partial charge in [-0.25, -0.2) is 19.2 Å². The summed E-state index contributed by atoms with van der Waals surface area (Å²) in [5.74, 6) is -2.47. The molecule has 0 fully saturated rings. The summed E-state index contributed by atoms with van der Waals surface area (Å²) in [6, 6.07) is 8.68. The maximum atomic E-state index is 12.7. The first-order valence-corrected chi connectivity index (χ1v) is 16.5. The molecule has 2 aromatic heterocycles. The zero-order valence-corrected chi connectivity index (χ0v) is 30.0. The van der Waals surface area contributed by atoms with Crippen molar-refractivity contribution >= 4 is 57.2 Å². The zero-order valence-electron chi connectivity index (χ0n) is 30.0. The monoisotopic (exact) mass is 754 g/mol. The van der Waals surface area contributed by atoms with Gasteiger partial charge in [-0.15, -0.1) is 0 Å². The van der Waals surface area contributed by atoms with E-state index in [9.17, 15) is 28.8 Å². The number of methoxy groups -OCH3 is 4. The fourth-order valence-electron chi connectivity index (χ4n) is 5.49. The molecule has 0 spiro atoms. The number of anilines is 2. The van der Waals surface area contributed by atoms with Gasteiger partial charge in [0.05, 0.1) is 66.2 Å². The molecule has 3 heterocycles. The van der Waals surface area contributed by atoms with Crippen molar-refractivity contribution in [3.63, 3.8) is 0 Å². The topological polar surface area (TPSA) is 209 Å². The number of ether oxygens (including phenoxy) is 8. The summed E-state index contributed by atoms with van der Waals surface area (Å²) in [6.07, 6.45) is 0. The molecular weight excluding hydrogens is 716 g/mol. The van der Waals surface area contributed by atoms with Gasteiger partial charge in [-0.2, -0.15) is 0 Å². The van der Waals surface area contributed by atoms with Gasteiger partial charge in [0.25, 0.3) is 0 Å². The standard InChI is InChI=1S/C36H38N2O16/c1-45-31(39)19-37-5-7-49-9-10-50-8-6-38(20-32(40)46-2)26-18-28-22(14-24(34(42)48-4)36(44)54-28)16-30(26)52-12-11-51-29-15-21-13-23(33(41)47-3)35(43)53-27(21)17-25(29)37/h13-18H,5-12,19-20H2,1-4H3. The van der Waals surface area contributed by atoms with Crippen LogP contribution >= 0.6 is 0 Å². The zero-order chi connectivity index (χ0) is 38.8. The molecule has 0 N–H and O–H groups in total. The molecule has 0 saturated carbocycles. The predicted octanol–water partition coefficient (Wildman–Crippen LogP) is 1.94. The number of benzene rings is 2.